The fourth-order valence-corrected chi connectivity index (χ4v) is 14.8. The number of ether oxygens (including phenoxy) is 6. The Labute approximate surface area is 556 Å². The monoisotopic (exact) mass is 1400 g/mol. The number of hydrogen-bond donors (Lipinski definition) is 13. The number of phosphoric ester groups is 1. The van der Waals surface area contributed by atoms with E-state index < -0.39 is 86.8 Å². The van der Waals surface area contributed by atoms with E-state index >= 15 is 0 Å². The molecule has 0 spiro atoms. The lowest BCUT2D eigenvalue weighted by atomic mass is 9.94. The molecule has 0 aliphatic carbocycles. The van der Waals surface area contributed by atoms with Gasteiger partial charge in [0, 0.05) is 76.4 Å². The molecule has 92 heavy (non-hydrogen) atoms. The summed E-state index contributed by atoms with van der Waals surface area (Å²) in [5.41, 5.74) is -2.43. The van der Waals surface area contributed by atoms with Gasteiger partial charge in [0.1, 0.15) is 76.8 Å². The van der Waals surface area contributed by atoms with Crippen LogP contribution >= 0.6 is 43.1 Å². The van der Waals surface area contributed by atoms with Crippen molar-refractivity contribution in [3.63, 3.8) is 0 Å². The number of hydrogen-bond acceptors (Lipinski definition) is 26. The summed E-state index contributed by atoms with van der Waals surface area (Å²) in [5.74, 6) is 0.0406. The molecule has 31 heteroatoms. The number of nitrogens with one attached hydrogen (secondary N) is 3. The lowest BCUT2D eigenvalue weighted by Crippen LogP contribution is -2.58. The Bertz CT molecular complexity index is 1920. The summed E-state index contributed by atoms with van der Waals surface area (Å²) in [6.07, 6.45) is 3.50. The molecule has 3 saturated heterocycles. The van der Waals surface area contributed by atoms with E-state index in [2.05, 4.69) is 25.0 Å². The van der Waals surface area contributed by atoms with Crippen molar-refractivity contribution in [1.82, 2.24) is 16.0 Å². The molecule has 0 bridgehead atoms. The normalized spacial score (nSPS) is 28.0. The first kappa shape index (κ1) is 84.5. The molecule has 3 fully saturated rings. The van der Waals surface area contributed by atoms with Crippen LogP contribution in [0, 0.1) is 17.8 Å². The van der Waals surface area contributed by atoms with E-state index in [1.165, 1.54) is 11.8 Å². The fourth-order valence-electron chi connectivity index (χ4n) is 10.6. The van der Waals surface area contributed by atoms with Crippen molar-refractivity contribution in [2.24, 2.45) is 17.8 Å². The second-order valence-electron chi connectivity index (χ2n) is 24.3. The van der Waals surface area contributed by atoms with Gasteiger partial charge in [0.15, 0.2) is 0 Å². The van der Waals surface area contributed by atoms with Gasteiger partial charge in [0.25, 0.3) is 0 Å². The Morgan fingerprint density at radius 3 is 1.22 bits per heavy atom. The highest BCUT2D eigenvalue weighted by Gasteiger charge is 2.44. The molecule has 0 aromatic rings. The standard InChI is InChI=1S/C61H112N3O24PS3/c1-41-52(73)55(76)46(34-65)86-58(41)90-31-16-10-5-7-13-20-44(68)24-28-82-37-61(64-51(72)23-19-22-49(70)63-40-85-89(79,80)81-4,38-83-29-25-45(69)21-14-8-6-11-17-32-91-59-42(2)53(74)56(77)47(35-66)87-59)39-84-30-26-50(71)62-27-15-9-12-18-33-92-60-43(3)54(75)57(78)48(36-67)88-60/h41-43,46-48,52-60,65-67,73-78H,5-40H2,1-4H3,(H,62,71)(H,63,70)(H,64,72)(H,79,80). The zero-order chi connectivity index (χ0) is 67.9. The number of aliphatic hydroxyl groups is 9. The molecule has 3 rings (SSSR count). The number of Topliss-reactive ketones (excluding diaryl/α,β-unsaturated/α-hetero) is 2. The molecule has 3 aliphatic heterocycles. The van der Waals surface area contributed by atoms with Crippen LogP contribution in [0.15, 0.2) is 0 Å². The van der Waals surface area contributed by atoms with Crippen LogP contribution in [0.1, 0.15) is 162 Å². The van der Waals surface area contributed by atoms with Crippen LogP contribution in [0.5, 0.6) is 0 Å². The van der Waals surface area contributed by atoms with Gasteiger partial charge in [-0.15, -0.1) is 35.3 Å². The van der Waals surface area contributed by atoms with Crippen molar-refractivity contribution >= 4 is 72.4 Å². The second-order valence-corrected chi connectivity index (χ2v) is 29.5. The number of carbonyl (C=O) groups is 5. The number of rotatable bonds is 53. The summed E-state index contributed by atoms with van der Waals surface area (Å²) >= 11 is 4.63. The number of ketones is 2. The lowest BCUT2D eigenvalue weighted by molar-refractivity contribution is -0.181. The van der Waals surface area contributed by atoms with E-state index in [9.17, 15) is 79.4 Å². The topological polar surface area (TPSA) is 415 Å². The molecule has 0 aromatic heterocycles. The summed E-state index contributed by atoms with van der Waals surface area (Å²) in [6, 6.07) is 0. The average Bonchev–Trinajstić information content (AvgIpc) is 0.943. The van der Waals surface area contributed by atoms with Crippen LogP contribution in [0.25, 0.3) is 0 Å². The van der Waals surface area contributed by atoms with Crippen molar-refractivity contribution in [3.8, 4) is 0 Å². The molecule has 16 atom stereocenters. The first-order valence-electron chi connectivity index (χ1n) is 32.9. The first-order valence-corrected chi connectivity index (χ1v) is 37.5. The maximum atomic E-state index is 13.7. The Morgan fingerprint density at radius 2 is 0.815 bits per heavy atom. The van der Waals surface area contributed by atoms with E-state index in [0.29, 0.717) is 32.2 Å². The molecule has 3 heterocycles. The Morgan fingerprint density at radius 1 is 0.457 bits per heavy atom. The molecule has 538 valence electrons. The minimum Gasteiger partial charge on any atom is -0.394 e. The van der Waals surface area contributed by atoms with Crippen molar-refractivity contribution in [3.05, 3.63) is 0 Å². The van der Waals surface area contributed by atoms with E-state index in [4.69, 9.17) is 28.4 Å². The number of thioether (sulfide) groups is 3. The van der Waals surface area contributed by atoms with E-state index in [1.807, 2.05) is 13.8 Å². The van der Waals surface area contributed by atoms with Gasteiger partial charge in [-0.2, -0.15) is 0 Å². The van der Waals surface area contributed by atoms with Crippen molar-refractivity contribution in [1.29, 1.82) is 0 Å². The third kappa shape index (κ3) is 33.2. The van der Waals surface area contributed by atoms with Crippen molar-refractivity contribution in [2.45, 2.75) is 239 Å². The van der Waals surface area contributed by atoms with Gasteiger partial charge in [-0.1, -0.05) is 72.1 Å². The van der Waals surface area contributed by atoms with Gasteiger partial charge in [-0.3, -0.25) is 33.0 Å². The molecule has 3 amide bonds. The van der Waals surface area contributed by atoms with Crippen LogP contribution < -0.4 is 16.0 Å². The van der Waals surface area contributed by atoms with Crippen LogP contribution in [0.4, 0.5) is 0 Å². The summed E-state index contributed by atoms with van der Waals surface area (Å²) in [4.78, 5) is 74.8. The maximum Gasteiger partial charge on any atom is 0.473 e. The Balaban J connectivity index is 1.54. The molecule has 0 saturated carbocycles. The summed E-state index contributed by atoms with van der Waals surface area (Å²) in [7, 11) is -3.36. The maximum absolute atomic E-state index is 13.7. The SMILES string of the molecule is COP(=O)(O)OCNC(=O)CCCC(=O)NC(COCCC(=O)CCCCCCCSC1OC(CO)C(O)C(O)C1C)(COCCC(=O)CCCCCCCSC1OC(CO)C(O)C(O)C1C)COCCC(=O)NCCCCCCSC1OC(CO)C(O)C(O)C1C. The number of phosphoric acid groups is 1. The van der Waals surface area contributed by atoms with Gasteiger partial charge in [0.05, 0.1) is 77.8 Å². The third-order valence-electron chi connectivity index (χ3n) is 16.6. The van der Waals surface area contributed by atoms with Gasteiger partial charge in [0.2, 0.25) is 17.7 Å². The molecule has 27 nitrogen and oxygen atoms in total. The van der Waals surface area contributed by atoms with Gasteiger partial charge in [-0.25, -0.2) is 4.57 Å². The highest BCUT2D eigenvalue weighted by atomic mass is 32.2. The highest BCUT2D eigenvalue weighted by molar-refractivity contribution is 8.00. The minimum atomic E-state index is -4.34. The van der Waals surface area contributed by atoms with E-state index in [1.54, 1.807) is 30.4 Å². The largest absolute Gasteiger partial charge is 0.473 e. The number of carbonyl (C=O) groups excluding carboxylic acids is 5. The summed E-state index contributed by atoms with van der Waals surface area (Å²) < 4.78 is 56.3. The van der Waals surface area contributed by atoms with E-state index in [0.717, 1.165) is 101 Å². The molecule has 13 N–H and O–H groups in total. The van der Waals surface area contributed by atoms with Gasteiger partial charge >= 0.3 is 7.82 Å². The number of unbranched alkanes of at least 4 members (excludes halogenated alkanes) is 11. The third-order valence-corrected chi connectivity index (χ3v) is 21.7. The molecule has 3 aliphatic rings. The smallest absolute Gasteiger partial charge is 0.394 e. The van der Waals surface area contributed by atoms with Crippen molar-refractivity contribution in [2.75, 3.05) is 97.1 Å². The lowest BCUT2D eigenvalue weighted by Gasteiger charge is -2.40. The molecule has 0 aromatic carbocycles. The van der Waals surface area contributed by atoms with Crippen LogP contribution in [0.3, 0.4) is 0 Å². The second kappa shape index (κ2) is 48.1. The molecular formula is C61H112N3O24PS3. The summed E-state index contributed by atoms with van der Waals surface area (Å²) in [5, 5.41) is 98.4. The average molecular weight is 1400 g/mol. The van der Waals surface area contributed by atoms with Gasteiger partial charge in [-0.05, 0) is 62.2 Å². The highest BCUT2D eigenvalue weighted by Crippen LogP contribution is 2.41. The quantitative estimate of drug-likeness (QED) is 0.0236. The molecule has 0 radical (unpaired) electrons. The minimum absolute atomic E-state index is 0.00547. The number of amides is 3. The van der Waals surface area contributed by atoms with Crippen molar-refractivity contribution < 1.29 is 117 Å². The Hall–Kier alpha value is -1.69. The number of aliphatic hydroxyl groups excluding tert-OH is 9. The van der Waals surface area contributed by atoms with Crippen LogP contribution in [0.2, 0.25) is 0 Å². The fraction of sp³-hybridized carbons (Fsp3) is 0.918. The Kier molecular flexibility index (Phi) is 44.2. The zero-order valence-electron chi connectivity index (χ0n) is 54.5. The zero-order valence-corrected chi connectivity index (χ0v) is 57.8. The first-order chi connectivity index (χ1) is 44.0. The van der Waals surface area contributed by atoms with Crippen LogP contribution in [-0.4, -0.2) is 254 Å². The predicted octanol–water partition coefficient (Wildman–Crippen LogP) is 2.99. The predicted molar refractivity (Wildman–Crippen MR) is 347 cm³/mol. The van der Waals surface area contributed by atoms with E-state index in [-0.39, 0.29) is 150 Å². The molecular weight excluding hydrogens is 1290 g/mol. The van der Waals surface area contributed by atoms with Crippen LogP contribution in [-0.2, 0) is 66.0 Å². The summed E-state index contributed by atoms with van der Waals surface area (Å²) in [6.45, 7) is 3.48. The van der Waals surface area contributed by atoms with Gasteiger partial charge < -0.3 is 95.2 Å². The molecule has 16 unspecified atom stereocenters.